The van der Waals surface area contributed by atoms with Crippen molar-refractivity contribution in [1.29, 1.82) is 0 Å². The first-order valence-electron chi connectivity index (χ1n) is 14.3. The molecule has 4 atom stereocenters. The molecule has 2 aromatic rings. The number of ether oxygens (including phenoxy) is 1. The molecule has 44 heavy (non-hydrogen) atoms. The second-order valence-electron chi connectivity index (χ2n) is 11.7. The predicted octanol–water partition coefficient (Wildman–Crippen LogP) is 4.28. The summed E-state index contributed by atoms with van der Waals surface area (Å²) in [7, 11) is 3.10. The molecule has 3 aliphatic carbocycles. The number of halogens is 3. The molecule has 1 amide bonds. The molecule has 0 radical (unpaired) electrons. The molecule has 12 heteroatoms. The van der Waals surface area contributed by atoms with Crippen molar-refractivity contribution in [2.75, 3.05) is 20.7 Å². The number of nitrogens with two attached hydrogens (primary N) is 1. The number of hydrogen-bond acceptors (Lipinski definition) is 8. The van der Waals surface area contributed by atoms with E-state index in [0.29, 0.717) is 23.1 Å². The molecule has 0 aromatic heterocycles. The van der Waals surface area contributed by atoms with E-state index in [1.807, 2.05) is 6.92 Å². The van der Waals surface area contributed by atoms with E-state index in [1.165, 1.54) is 23.1 Å². The lowest BCUT2D eigenvalue weighted by atomic mass is 9.58. The van der Waals surface area contributed by atoms with Crippen molar-refractivity contribution in [1.82, 2.24) is 4.90 Å². The van der Waals surface area contributed by atoms with Gasteiger partial charge in [0.2, 0.25) is 5.78 Å². The molecule has 0 bridgehead atoms. The average Bonchev–Trinajstić information content (AvgIpc) is 2.94. The number of hydrogen-bond donors (Lipinski definition) is 4. The van der Waals surface area contributed by atoms with Crippen molar-refractivity contribution in [2.24, 2.45) is 17.6 Å². The summed E-state index contributed by atoms with van der Waals surface area (Å²) in [6.07, 6.45) is -3.00. The van der Waals surface area contributed by atoms with Crippen LogP contribution in [-0.2, 0) is 22.2 Å². The fourth-order valence-corrected chi connectivity index (χ4v) is 6.79. The van der Waals surface area contributed by atoms with Gasteiger partial charge in [-0.25, -0.2) is 0 Å². The van der Waals surface area contributed by atoms with Gasteiger partial charge in [-0.1, -0.05) is 31.5 Å². The summed E-state index contributed by atoms with van der Waals surface area (Å²) in [5.41, 5.74) is 2.23. The highest BCUT2D eigenvalue weighted by Gasteiger charge is 2.63. The van der Waals surface area contributed by atoms with Crippen molar-refractivity contribution in [2.45, 2.75) is 50.4 Å². The van der Waals surface area contributed by atoms with Gasteiger partial charge in [-0.05, 0) is 74.2 Å². The summed E-state index contributed by atoms with van der Waals surface area (Å²) in [4.78, 5) is 41.5. The maximum absolute atomic E-state index is 14.3. The van der Waals surface area contributed by atoms with E-state index in [2.05, 4.69) is 0 Å². The average molecular weight is 615 g/mol. The van der Waals surface area contributed by atoms with Gasteiger partial charge < -0.3 is 25.8 Å². The fourth-order valence-electron chi connectivity index (χ4n) is 6.79. The molecule has 0 saturated carbocycles. The van der Waals surface area contributed by atoms with Crippen LogP contribution < -0.4 is 10.5 Å². The Morgan fingerprint density at radius 1 is 1.11 bits per heavy atom. The number of likely N-dealkylation sites (N-methyl/N-ethyl adjacent to an activating group) is 1. The van der Waals surface area contributed by atoms with Crippen LogP contribution in [0.25, 0.3) is 11.1 Å². The highest BCUT2D eigenvalue weighted by atomic mass is 19.4. The van der Waals surface area contributed by atoms with Crippen molar-refractivity contribution < 1.29 is 47.6 Å². The van der Waals surface area contributed by atoms with Crippen LogP contribution in [0.2, 0.25) is 0 Å². The van der Waals surface area contributed by atoms with Gasteiger partial charge in [0.05, 0.1) is 23.8 Å². The van der Waals surface area contributed by atoms with Gasteiger partial charge in [0.1, 0.15) is 22.8 Å². The zero-order chi connectivity index (χ0) is 32.3. The Bertz CT molecular complexity index is 1610. The number of ketones is 2. The number of primary amides is 1. The molecule has 5 rings (SSSR count). The summed E-state index contributed by atoms with van der Waals surface area (Å²) in [5.74, 6) is -6.60. The largest absolute Gasteiger partial charge is 0.510 e. The number of carbonyl (C=O) groups excluding carboxylic acids is 3. The van der Waals surface area contributed by atoms with Crippen LogP contribution in [0.15, 0.2) is 59.1 Å². The van der Waals surface area contributed by atoms with E-state index in [0.717, 1.165) is 18.6 Å². The number of allylic oxidation sites excluding steroid dienone is 1. The number of amides is 1. The lowest BCUT2D eigenvalue weighted by Crippen LogP contribution is -2.63. The van der Waals surface area contributed by atoms with Crippen LogP contribution in [-0.4, -0.2) is 70.0 Å². The maximum atomic E-state index is 14.3. The van der Waals surface area contributed by atoms with Gasteiger partial charge in [0, 0.05) is 11.5 Å². The molecule has 5 N–H and O–H groups in total. The lowest BCUT2D eigenvalue weighted by molar-refractivity contribution is -0.148. The van der Waals surface area contributed by atoms with Gasteiger partial charge in [-0.3, -0.25) is 19.3 Å². The Kier molecular flexibility index (Phi) is 7.88. The molecule has 0 aliphatic heterocycles. The second-order valence-corrected chi connectivity index (χ2v) is 11.7. The molecule has 9 nitrogen and oxygen atoms in total. The Morgan fingerprint density at radius 2 is 1.77 bits per heavy atom. The zero-order valence-electron chi connectivity index (χ0n) is 24.4. The molecule has 0 unspecified atom stereocenters. The van der Waals surface area contributed by atoms with Crippen LogP contribution in [0.1, 0.15) is 47.7 Å². The van der Waals surface area contributed by atoms with E-state index in [9.17, 15) is 42.9 Å². The van der Waals surface area contributed by atoms with Gasteiger partial charge in [-0.2, -0.15) is 13.2 Å². The summed E-state index contributed by atoms with van der Waals surface area (Å²) < 4.78 is 45.7. The standard InChI is InChI=1S/C32H33F3N2O7/c1-4-5-12-44-21-11-10-18(15-6-8-17(9-7-15)32(33,34)35)19-13-16-14-20-25(37(2)3)27(39)24(30(36)42)29(41)31(20,43)28(40)22(16)26(38)23(19)21/h6-11,16,20,25,39-40,43H,4-5,12-14H2,1-3H3,(H2,36,42)/t16-,20-,25-,31-/m0/s1. The number of fused-ring (bicyclic) bond motifs is 3. The molecule has 2 aromatic carbocycles. The van der Waals surface area contributed by atoms with Crippen LogP contribution >= 0.6 is 0 Å². The normalized spacial score (nSPS) is 25.1. The van der Waals surface area contributed by atoms with Crippen LogP contribution in [0.3, 0.4) is 0 Å². The summed E-state index contributed by atoms with van der Waals surface area (Å²) in [5, 5.41) is 34.4. The molecule has 0 spiro atoms. The quantitative estimate of drug-likeness (QED) is 0.267. The van der Waals surface area contributed by atoms with E-state index < -0.39 is 69.8 Å². The van der Waals surface area contributed by atoms with Crippen molar-refractivity contribution in [3.63, 3.8) is 0 Å². The Morgan fingerprint density at radius 3 is 2.34 bits per heavy atom. The SMILES string of the molecule is CCCCOc1ccc(-c2ccc(C(F)(F)F)cc2)c2c1C(=O)C1=C(O)[C@]3(O)C(=O)C(C(N)=O)=C(O)[C@@H](N(C)C)[C@@H]3C[C@@H]1C2. The highest BCUT2D eigenvalue weighted by molar-refractivity contribution is 6.25. The smallest absolute Gasteiger partial charge is 0.416 e. The first kappa shape index (κ1) is 31.3. The number of alkyl halides is 3. The van der Waals surface area contributed by atoms with E-state index >= 15 is 0 Å². The van der Waals surface area contributed by atoms with Crippen molar-refractivity contribution in [3.05, 3.63) is 75.8 Å². The zero-order valence-corrected chi connectivity index (χ0v) is 24.4. The molecular weight excluding hydrogens is 581 g/mol. The van der Waals surface area contributed by atoms with Gasteiger partial charge in [-0.15, -0.1) is 0 Å². The first-order valence-corrected chi connectivity index (χ1v) is 14.3. The van der Waals surface area contributed by atoms with Gasteiger partial charge in [0.25, 0.3) is 5.91 Å². The Balaban J connectivity index is 1.70. The molecule has 3 aliphatic rings. The van der Waals surface area contributed by atoms with Crippen molar-refractivity contribution in [3.8, 4) is 16.9 Å². The highest BCUT2D eigenvalue weighted by Crippen LogP contribution is 2.53. The van der Waals surface area contributed by atoms with E-state index in [1.54, 1.807) is 20.2 Å². The fraction of sp³-hybridized carbons (Fsp3) is 0.406. The molecular formula is C32H33F3N2O7. The van der Waals surface area contributed by atoms with E-state index in [-0.39, 0.29) is 36.3 Å². The van der Waals surface area contributed by atoms with Crippen LogP contribution in [0.5, 0.6) is 5.75 Å². The minimum Gasteiger partial charge on any atom is -0.510 e. The first-order chi connectivity index (χ1) is 20.6. The number of rotatable bonds is 7. The number of aliphatic hydroxyl groups excluding tert-OH is 2. The van der Waals surface area contributed by atoms with Gasteiger partial charge in [0.15, 0.2) is 11.4 Å². The number of Topliss-reactive ketones (excluding diaryl/α,β-unsaturated/α-hetero) is 2. The number of unbranched alkanes of at least 4 members (excludes halogenated alkanes) is 1. The minimum absolute atomic E-state index is 0.0564. The molecule has 0 saturated heterocycles. The number of aliphatic hydroxyl groups is 3. The summed E-state index contributed by atoms with van der Waals surface area (Å²) in [6.45, 7) is 2.23. The molecule has 0 fully saturated rings. The van der Waals surface area contributed by atoms with Crippen LogP contribution in [0.4, 0.5) is 13.2 Å². The third kappa shape index (κ3) is 4.76. The summed E-state index contributed by atoms with van der Waals surface area (Å²) >= 11 is 0. The predicted molar refractivity (Wildman–Crippen MR) is 153 cm³/mol. The van der Waals surface area contributed by atoms with Crippen molar-refractivity contribution >= 4 is 17.5 Å². The molecule has 234 valence electrons. The third-order valence-corrected chi connectivity index (χ3v) is 8.87. The van der Waals surface area contributed by atoms with Crippen LogP contribution in [0, 0.1) is 11.8 Å². The molecule has 0 heterocycles. The number of benzene rings is 2. The number of carbonyl (C=O) groups is 3. The third-order valence-electron chi connectivity index (χ3n) is 8.87. The summed E-state index contributed by atoms with van der Waals surface area (Å²) in [6, 6.07) is 6.64. The lowest BCUT2D eigenvalue weighted by Gasteiger charge is -2.50. The van der Waals surface area contributed by atoms with E-state index in [4.69, 9.17) is 10.5 Å². The maximum Gasteiger partial charge on any atom is 0.416 e. The topological polar surface area (TPSA) is 150 Å². The monoisotopic (exact) mass is 614 g/mol. The number of nitrogens with zero attached hydrogens (tertiary/aromatic N) is 1. The minimum atomic E-state index is -4.53. The Hall–Kier alpha value is -4.16. The van der Waals surface area contributed by atoms with Gasteiger partial charge >= 0.3 is 6.18 Å². The second kappa shape index (κ2) is 11.1. The Labute approximate surface area is 251 Å².